The fraction of sp³-hybridized carbons (Fsp3) is 0.438. The van der Waals surface area contributed by atoms with Crippen molar-refractivity contribution in [2.45, 2.75) is 39.3 Å². The minimum Gasteiger partial charge on any atom is -0.497 e. The van der Waals surface area contributed by atoms with Gasteiger partial charge in [0, 0.05) is 5.69 Å². The molecule has 1 N–H and O–H groups in total. The molecule has 0 aliphatic carbocycles. The lowest BCUT2D eigenvalue weighted by Gasteiger charge is -2.14. The number of aliphatic hydroxyl groups is 1. The molecule has 20 heavy (non-hydrogen) atoms. The first-order valence-electron chi connectivity index (χ1n) is 7.05. The molecule has 0 amide bonds. The zero-order chi connectivity index (χ0) is 14.5. The van der Waals surface area contributed by atoms with Gasteiger partial charge in [-0.15, -0.1) is 0 Å². The fourth-order valence-corrected chi connectivity index (χ4v) is 2.25. The minimum absolute atomic E-state index is 0.469. The van der Waals surface area contributed by atoms with Gasteiger partial charge in [-0.25, -0.2) is 0 Å². The lowest BCUT2D eigenvalue weighted by Crippen LogP contribution is -2.12. The van der Waals surface area contributed by atoms with Crippen molar-refractivity contribution in [1.82, 2.24) is 9.78 Å². The largest absolute Gasteiger partial charge is 0.497 e. The number of rotatable bonds is 6. The van der Waals surface area contributed by atoms with E-state index < -0.39 is 6.10 Å². The van der Waals surface area contributed by atoms with Crippen molar-refractivity contribution in [3.8, 4) is 5.75 Å². The van der Waals surface area contributed by atoms with Crippen molar-refractivity contribution >= 4 is 0 Å². The molecular weight excluding hydrogens is 252 g/mol. The van der Waals surface area contributed by atoms with E-state index in [0.29, 0.717) is 6.54 Å². The number of hydrogen-bond acceptors (Lipinski definition) is 3. The van der Waals surface area contributed by atoms with Crippen LogP contribution >= 0.6 is 0 Å². The molecule has 2 rings (SSSR count). The van der Waals surface area contributed by atoms with Crippen LogP contribution in [-0.2, 0) is 19.4 Å². The summed E-state index contributed by atoms with van der Waals surface area (Å²) in [6.45, 7) is 4.66. The predicted molar refractivity (Wildman–Crippen MR) is 78.9 cm³/mol. The van der Waals surface area contributed by atoms with E-state index in [1.165, 1.54) is 0 Å². The molecular formula is C16H22N2O2. The molecule has 1 aromatic carbocycles. The van der Waals surface area contributed by atoms with E-state index in [-0.39, 0.29) is 0 Å². The number of aliphatic hydroxyl groups excluding tert-OH is 1. The molecule has 4 nitrogen and oxygen atoms in total. The topological polar surface area (TPSA) is 47.3 Å². The van der Waals surface area contributed by atoms with Gasteiger partial charge >= 0.3 is 0 Å². The first-order valence-corrected chi connectivity index (χ1v) is 7.05. The van der Waals surface area contributed by atoms with Crippen LogP contribution in [0.15, 0.2) is 30.3 Å². The van der Waals surface area contributed by atoms with Crippen molar-refractivity contribution in [2.24, 2.45) is 0 Å². The highest BCUT2D eigenvalue weighted by molar-refractivity contribution is 5.29. The van der Waals surface area contributed by atoms with Gasteiger partial charge in [-0.2, -0.15) is 5.10 Å². The number of aromatic nitrogens is 2. The van der Waals surface area contributed by atoms with Crippen molar-refractivity contribution in [2.75, 3.05) is 7.11 Å². The monoisotopic (exact) mass is 274 g/mol. The van der Waals surface area contributed by atoms with Crippen LogP contribution in [0.1, 0.15) is 36.9 Å². The molecule has 108 valence electrons. The Hall–Kier alpha value is -1.81. The van der Waals surface area contributed by atoms with Crippen LogP contribution in [0.25, 0.3) is 0 Å². The normalized spacial score (nSPS) is 12.4. The van der Waals surface area contributed by atoms with Crippen molar-refractivity contribution in [3.05, 3.63) is 47.3 Å². The Labute approximate surface area is 120 Å². The van der Waals surface area contributed by atoms with Crippen LogP contribution in [0.2, 0.25) is 0 Å². The molecule has 0 spiro atoms. The third kappa shape index (κ3) is 3.20. The molecule has 0 saturated heterocycles. The quantitative estimate of drug-likeness (QED) is 0.881. The maximum Gasteiger partial charge on any atom is 0.119 e. The summed E-state index contributed by atoms with van der Waals surface area (Å²) < 4.78 is 7.09. The Morgan fingerprint density at radius 2 is 2.05 bits per heavy atom. The Morgan fingerprint density at radius 3 is 2.70 bits per heavy atom. The SMILES string of the molecule is CCc1cc(CC)n(CC(O)c2cccc(OC)c2)n1. The van der Waals surface area contributed by atoms with Gasteiger partial charge in [-0.05, 0) is 36.6 Å². The second-order valence-electron chi connectivity index (χ2n) is 4.81. The van der Waals surface area contributed by atoms with Gasteiger partial charge in [0.15, 0.2) is 0 Å². The molecule has 0 fully saturated rings. The highest BCUT2D eigenvalue weighted by Gasteiger charge is 2.13. The Kier molecular flexibility index (Phi) is 4.79. The lowest BCUT2D eigenvalue weighted by atomic mass is 10.1. The van der Waals surface area contributed by atoms with E-state index in [1.54, 1.807) is 7.11 Å². The molecule has 4 heteroatoms. The molecule has 0 aliphatic heterocycles. The van der Waals surface area contributed by atoms with E-state index in [2.05, 4.69) is 25.0 Å². The second-order valence-corrected chi connectivity index (χ2v) is 4.81. The van der Waals surface area contributed by atoms with Crippen molar-refractivity contribution in [3.63, 3.8) is 0 Å². The molecule has 0 aliphatic rings. The van der Waals surface area contributed by atoms with E-state index in [9.17, 15) is 5.11 Å². The third-order valence-corrected chi connectivity index (χ3v) is 3.46. The average Bonchev–Trinajstić information content (AvgIpc) is 2.89. The Morgan fingerprint density at radius 1 is 1.25 bits per heavy atom. The summed E-state index contributed by atoms with van der Waals surface area (Å²) in [5.74, 6) is 0.756. The highest BCUT2D eigenvalue weighted by Crippen LogP contribution is 2.21. The molecule has 1 aromatic heterocycles. The number of ether oxygens (including phenoxy) is 1. The second kappa shape index (κ2) is 6.57. The molecule has 1 unspecified atom stereocenters. The van der Waals surface area contributed by atoms with Crippen LogP contribution in [0.3, 0.4) is 0 Å². The molecule has 1 heterocycles. The van der Waals surface area contributed by atoms with Gasteiger partial charge in [0.05, 0.1) is 25.5 Å². The first kappa shape index (κ1) is 14.6. The summed E-state index contributed by atoms with van der Waals surface area (Å²) in [5.41, 5.74) is 3.07. The van der Waals surface area contributed by atoms with Gasteiger partial charge < -0.3 is 9.84 Å². The molecule has 1 atom stereocenters. The fourth-order valence-electron chi connectivity index (χ4n) is 2.25. The number of aryl methyl sites for hydroxylation is 2. The maximum atomic E-state index is 10.4. The number of benzene rings is 1. The summed E-state index contributed by atoms with van der Waals surface area (Å²) in [4.78, 5) is 0. The van der Waals surface area contributed by atoms with Gasteiger partial charge in [-0.3, -0.25) is 4.68 Å². The summed E-state index contributed by atoms with van der Waals surface area (Å²) in [6.07, 6.45) is 1.24. The predicted octanol–water partition coefficient (Wildman–Crippen LogP) is 2.75. The summed E-state index contributed by atoms with van der Waals surface area (Å²) in [6, 6.07) is 9.64. The highest BCUT2D eigenvalue weighted by atomic mass is 16.5. The number of methoxy groups -OCH3 is 1. The smallest absolute Gasteiger partial charge is 0.119 e. The van der Waals surface area contributed by atoms with Crippen LogP contribution in [0, 0.1) is 0 Å². The lowest BCUT2D eigenvalue weighted by molar-refractivity contribution is 0.150. The first-order chi connectivity index (χ1) is 9.67. The van der Waals surface area contributed by atoms with Crippen LogP contribution in [0.4, 0.5) is 0 Å². The van der Waals surface area contributed by atoms with Crippen molar-refractivity contribution in [1.29, 1.82) is 0 Å². The zero-order valence-corrected chi connectivity index (χ0v) is 12.3. The van der Waals surface area contributed by atoms with Crippen molar-refractivity contribution < 1.29 is 9.84 Å². The molecule has 0 radical (unpaired) electrons. The van der Waals surface area contributed by atoms with E-state index in [4.69, 9.17) is 4.74 Å². The van der Waals surface area contributed by atoms with Gasteiger partial charge in [0.2, 0.25) is 0 Å². The molecule has 0 saturated carbocycles. The number of hydrogen-bond donors (Lipinski definition) is 1. The Bertz CT molecular complexity index is 563. The van der Waals surface area contributed by atoms with Crippen LogP contribution < -0.4 is 4.74 Å². The maximum absolute atomic E-state index is 10.4. The summed E-state index contributed by atoms with van der Waals surface area (Å²) >= 11 is 0. The minimum atomic E-state index is -0.583. The van der Waals surface area contributed by atoms with Gasteiger partial charge in [0.1, 0.15) is 5.75 Å². The van der Waals surface area contributed by atoms with Gasteiger partial charge in [-0.1, -0.05) is 26.0 Å². The van der Waals surface area contributed by atoms with Crippen LogP contribution in [-0.4, -0.2) is 22.0 Å². The molecule has 2 aromatic rings. The van der Waals surface area contributed by atoms with Gasteiger partial charge in [0.25, 0.3) is 0 Å². The number of nitrogens with zero attached hydrogens (tertiary/aromatic N) is 2. The van der Waals surface area contributed by atoms with E-state index >= 15 is 0 Å². The summed E-state index contributed by atoms with van der Waals surface area (Å²) in [5, 5.41) is 14.9. The third-order valence-electron chi connectivity index (χ3n) is 3.46. The zero-order valence-electron chi connectivity index (χ0n) is 12.3. The summed E-state index contributed by atoms with van der Waals surface area (Å²) in [7, 11) is 1.63. The van der Waals surface area contributed by atoms with E-state index in [1.807, 2.05) is 28.9 Å². The average molecular weight is 274 g/mol. The van der Waals surface area contributed by atoms with E-state index in [0.717, 1.165) is 35.5 Å². The standard InChI is InChI=1S/C16H22N2O2/c1-4-13-10-14(5-2)18(17-13)11-16(19)12-7-6-8-15(9-12)20-3/h6-10,16,19H,4-5,11H2,1-3H3. The molecule has 0 bridgehead atoms. The van der Waals surface area contributed by atoms with Crippen LogP contribution in [0.5, 0.6) is 5.75 Å². The Balaban J connectivity index is 2.18.